The Morgan fingerprint density at radius 1 is 1.28 bits per heavy atom. The molecule has 1 aliphatic heterocycles. The second-order valence-electron chi connectivity index (χ2n) is 7.14. The minimum absolute atomic E-state index is 0.0156. The van der Waals surface area contributed by atoms with Crippen LogP contribution in [0, 0.1) is 0 Å². The minimum atomic E-state index is -3.71. The van der Waals surface area contributed by atoms with Crippen molar-refractivity contribution in [3.8, 4) is 5.75 Å². The Labute approximate surface area is 170 Å². The summed E-state index contributed by atoms with van der Waals surface area (Å²) < 4.78 is 39.9. The fourth-order valence-electron chi connectivity index (χ4n) is 3.72. The van der Waals surface area contributed by atoms with Crippen LogP contribution in [0.3, 0.4) is 0 Å². The van der Waals surface area contributed by atoms with Crippen molar-refractivity contribution in [3.05, 3.63) is 48.0 Å². The van der Waals surface area contributed by atoms with Gasteiger partial charge in [-0.25, -0.2) is 13.1 Å². The number of aromatic nitrogens is 1. The third-order valence-electron chi connectivity index (χ3n) is 5.34. The Bertz CT molecular complexity index is 1080. The van der Waals surface area contributed by atoms with Crippen LogP contribution in [0.4, 0.5) is 6.01 Å². The van der Waals surface area contributed by atoms with Crippen molar-refractivity contribution in [1.82, 2.24) is 9.71 Å². The molecule has 1 fully saturated rings. The first-order valence-corrected chi connectivity index (χ1v) is 11.3. The van der Waals surface area contributed by atoms with Crippen LogP contribution in [0.25, 0.3) is 11.1 Å². The van der Waals surface area contributed by atoms with Crippen LogP contribution >= 0.6 is 0 Å². The number of nitrogens with one attached hydrogen (secondary N) is 1. The van der Waals surface area contributed by atoms with E-state index >= 15 is 0 Å². The molecule has 0 aliphatic carbocycles. The molecule has 4 rings (SSSR count). The van der Waals surface area contributed by atoms with Crippen LogP contribution in [-0.4, -0.2) is 39.6 Å². The summed E-state index contributed by atoms with van der Waals surface area (Å²) in [5, 5.41) is 0. The molecule has 1 aliphatic rings. The van der Waals surface area contributed by atoms with Crippen LogP contribution < -0.4 is 14.4 Å². The van der Waals surface area contributed by atoms with E-state index in [1.807, 2.05) is 42.2 Å². The van der Waals surface area contributed by atoms with Gasteiger partial charge in [-0.15, -0.1) is 0 Å². The van der Waals surface area contributed by atoms with Crippen LogP contribution in [-0.2, 0) is 16.4 Å². The summed E-state index contributed by atoms with van der Waals surface area (Å²) in [7, 11) is -2.23. The van der Waals surface area contributed by atoms with Gasteiger partial charge in [0.1, 0.15) is 16.2 Å². The highest BCUT2D eigenvalue weighted by Gasteiger charge is 2.30. The molecular formula is C21H25N3O4S. The lowest BCUT2D eigenvalue weighted by Crippen LogP contribution is -2.40. The van der Waals surface area contributed by atoms with Crippen molar-refractivity contribution in [2.75, 3.05) is 25.1 Å². The molecule has 1 aromatic heterocycles. The lowest BCUT2D eigenvalue weighted by atomic mass is 10.2. The van der Waals surface area contributed by atoms with Gasteiger partial charge in [0.05, 0.1) is 7.11 Å². The van der Waals surface area contributed by atoms with Crippen molar-refractivity contribution < 1.29 is 17.6 Å². The molecule has 0 amide bonds. The van der Waals surface area contributed by atoms with Gasteiger partial charge in [0.25, 0.3) is 6.01 Å². The third kappa shape index (κ3) is 3.95. The largest absolute Gasteiger partial charge is 0.495 e. The third-order valence-corrected chi connectivity index (χ3v) is 6.78. The van der Waals surface area contributed by atoms with E-state index in [4.69, 9.17) is 9.15 Å². The van der Waals surface area contributed by atoms with E-state index in [-0.39, 0.29) is 17.5 Å². The zero-order valence-electron chi connectivity index (χ0n) is 16.6. The summed E-state index contributed by atoms with van der Waals surface area (Å²) in [6.45, 7) is 3.05. The van der Waals surface area contributed by atoms with Crippen molar-refractivity contribution in [2.24, 2.45) is 0 Å². The Balaban J connectivity index is 1.53. The number of methoxy groups -OCH3 is 1. The van der Waals surface area contributed by atoms with E-state index < -0.39 is 10.0 Å². The molecule has 1 atom stereocenters. The van der Waals surface area contributed by atoms with E-state index in [0.717, 1.165) is 42.5 Å². The zero-order chi connectivity index (χ0) is 20.4. The van der Waals surface area contributed by atoms with Crippen LogP contribution in [0.1, 0.15) is 25.3 Å². The Kier molecular flexibility index (Phi) is 5.47. The molecule has 1 unspecified atom stereocenters. The number of ether oxygens (including phenoxy) is 1. The number of aryl methyl sites for hydroxylation is 1. The lowest BCUT2D eigenvalue weighted by molar-refractivity contribution is 0.402. The first kappa shape index (κ1) is 19.7. The molecule has 7 nitrogen and oxygen atoms in total. The van der Waals surface area contributed by atoms with Crippen LogP contribution in [0.2, 0.25) is 0 Å². The second kappa shape index (κ2) is 8.04. The molecule has 2 heterocycles. The van der Waals surface area contributed by atoms with Crippen molar-refractivity contribution >= 4 is 27.1 Å². The summed E-state index contributed by atoms with van der Waals surface area (Å²) >= 11 is 0. The molecule has 154 valence electrons. The number of para-hydroxylation sites is 2. The summed E-state index contributed by atoms with van der Waals surface area (Å²) in [6, 6.07) is 13.4. The Morgan fingerprint density at radius 2 is 2.10 bits per heavy atom. The van der Waals surface area contributed by atoms with Crippen molar-refractivity contribution in [1.29, 1.82) is 0 Å². The molecule has 8 heteroatoms. The highest BCUT2D eigenvalue weighted by atomic mass is 32.2. The SMILES string of the molecule is CCc1ccc(OC)c(S(=O)(=O)NCC2CCCN2c2nc3ccccc3o2)c1. The number of fused-ring (bicyclic) bond motifs is 1. The van der Waals surface area contributed by atoms with Gasteiger partial charge < -0.3 is 14.1 Å². The fraction of sp³-hybridized carbons (Fsp3) is 0.381. The standard InChI is InChI=1S/C21H25N3O4S/c1-3-15-10-11-19(27-2)20(13-15)29(25,26)22-14-16-7-6-12-24(16)21-23-17-8-4-5-9-18(17)28-21/h4-5,8-11,13,16,22H,3,6-7,12,14H2,1-2H3. The number of sulfonamides is 1. The summed E-state index contributed by atoms with van der Waals surface area (Å²) in [4.78, 5) is 6.78. The van der Waals surface area contributed by atoms with Gasteiger partial charge >= 0.3 is 0 Å². The summed E-state index contributed by atoms with van der Waals surface area (Å²) in [6.07, 6.45) is 2.58. The number of rotatable bonds is 7. The van der Waals surface area contributed by atoms with E-state index in [0.29, 0.717) is 11.8 Å². The number of hydrogen-bond donors (Lipinski definition) is 1. The van der Waals surface area contributed by atoms with E-state index in [2.05, 4.69) is 9.71 Å². The van der Waals surface area contributed by atoms with E-state index in [1.165, 1.54) is 7.11 Å². The van der Waals surface area contributed by atoms with Crippen molar-refractivity contribution in [3.63, 3.8) is 0 Å². The molecule has 1 N–H and O–H groups in total. The normalized spacial score (nSPS) is 17.2. The number of hydrogen-bond acceptors (Lipinski definition) is 6. The maximum absolute atomic E-state index is 13.0. The lowest BCUT2D eigenvalue weighted by Gasteiger charge is -2.23. The molecule has 3 aromatic rings. The molecule has 29 heavy (non-hydrogen) atoms. The molecule has 2 aromatic carbocycles. The average Bonchev–Trinajstić information content (AvgIpc) is 3.38. The number of oxazole rings is 1. The van der Waals surface area contributed by atoms with Gasteiger partial charge in [0.15, 0.2) is 5.58 Å². The van der Waals surface area contributed by atoms with Gasteiger partial charge in [0, 0.05) is 19.1 Å². The molecule has 0 radical (unpaired) electrons. The first-order chi connectivity index (χ1) is 14.0. The highest BCUT2D eigenvalue weighted by molar-refractivity contribution is 7.89. The van der Waals surface area contributed by atoms with Crippen molar-refractivity contribution in [2.45, 2.75) is 37.1 Å². The quantitative estimate of drug-likeness (QED) is 0.637. The number of nitrogens with zero attached hydrogens (tertiary/aromatic N) is 2. The average molecular weight is 416 g/mol. The van der Waals surface area contributed by atoms with Gasteiger partial charge in [-0.05, 0) is 49.1 Å². The topological polar surface area (TPSA) is 84.7 Å². The van der Waals surface area contributed by atoms with Gasteiger partial charge in [0.2, 0.25) is 10.0 Å². The number of benzene rings is 2. The van der Waals surface area contributed by atoms with E-state index in [9.17, 15) is 8.42 Å². The monoisotopic (exact) mass is 415 g/mol. The maximum atomic E-state index is 13.0. The van der Waals surface area contributed by atoms with Crippen LogP contribution in [0.15, 0.2) is 51.8 Å². The fourth-order valence-corrected chi connectivity index (χ4v) is 5.01. The number of anilines is 1. The first-order valence-electron chi connectivity index (χ1n) is 9.80. The predicted molar refractivity (Wildman–Crippen MR) is 112 cm³/mol. The Hall–Kier alpha value is -2.58. The minimum Gasteiger partial charge on any atom is -0.495 e. The maximum Gasteiger partial charge on any atom is 0.298 e. The highest BCUT2D eigenvalue weighted by Crippen LogP contribution is 2.29. The predicted octanol–water partition coefficient (Wildman–Crippen LogP) is 3.35. The molecule has 1 saturated heterocycles. The summed E-state index contributed by atoms with van der Waals surface area (Å²) in [5.41, 5.74) is 2.48. The van der Waals surface area contributed by atoms with Crippen LogP contribution in [0.5, 0.6) is 5.75 Å². The molecule has 0 saturated carbocycles. The van der Waals surface area contributed by atoms with Gasteiger partial charge in [-0.3, -0.25) is 0 Å². The second-order valence-corrected chi connectivity index (χ2v) is 8.88. The summed E-state index contributed by atoms with van der Waals surface area (Å²) in [5.74, 6) is 0.344. The van der Waals surface area contributed by atoms with Gasteiger partial charge in [-0.1, -0.05) is 25.1 Å². The Morgan fingerprint density at radius 3 is 2.86 bits per heavy atom. The molecule has 0 spiro atoms. The smallest absolute Gasteiger partial charge is 0.298 e. The zero-order valence-corrected chi connectivity index (χ0v) is 17.4. The molecule has 0 bridgehead atoms. The van der Waals surface area contributed by atoms with Gasteiger partial charge in [-0.2, -0.15) is 4.98 Å². The van der Waals surface area contributed by atoms with E-state index in [1.54, 1.807) is 12.1 Å². The molecular weight excluding hydrogens is 390 g/mol.